The minimum absolute atomic E-state index is 0.128. The molecule has 1 aliphatic rings. The molecule has 3 unspecified atom stereocenters. The number of carboxylic acid groups (broad SMARTS) is 1. The Morgan fingerprint density at radius 3 is 2.50 bits per heavy atom. The summed E-state index contributed by atoms with van der Waals surface area (Å²) in [5.41, 5.74) is 0.862. The van der Waals surface area contributed by atoms with Gasteiger partial charge in [0, 0.05) is 20.0 Å². The first-order valence-corrected chi connectivity index (χ1v) is 8.19. The van der Waals surface area contributed by atoms with E-state index in [4.69, 9.17) is 0 Å². The van der Waals surface area contributed by atoms with E-state index in [0.717, 1.165) is 5.56 Å². The van der Waals surface area contributed by atoms with Crippen molar-refractivity contribution in [2.45, 2.75) is 32.7 Å². The number of piperidine rings is 1. The molecule has 0 saturated carbocycles. The lowest BCUT2D eigenvalue weighted by Gasteiger charge is -2.35. The zero-order chi connectivity index (χ0) is 17.7. The largest absolute Gasteiger partial charge is 0.481 e. The number of hydrogen-bond acceptors (Lipinski definition) is 3. The molecular weight excluding hydrogens is 308 g/mol. The number of nitrogens with one attached hydrogen (secondary N) is 1. The predicted molar refractivity (Wildman–Crippen MR) is 89.1 cm³/mol. The van der Waals surface area contributed by atoms with Crippen LogP contribution in [0.15, 0.2) is 30.3 Å². The maximum Gasteiger partial charge on any atom is 0.308 e. The lowest BCUT2D eigenvalue weighted by molar-refractivity contribution is -0.147. The maximum absolute atomic E-state index is 12.7. The average Bonchev–Trinajstić information content (AvgIpc) is 2.54. The van der Waals surface area contributed by atoms with Crippen LogP contribution in [0, 0.1) is 11.8 Å². The van der Waals surface area contributed by atoms with Crippen LogP contribution in [0.3, 0.4) is 0 Å². The molecule has 1 fully saturated rings. The quantitative estimate of drug-likeness (QED) is 0.861. The van der Waals surface area contributed by atoms with Gasteiger partial charge >= 0.3 is 5.97 Å². The lowest BCUT2D eigenvalue weighted by Crippen LogP contribution is -2.46. The number of carbonyl (C=O) groups is 3. The van der Waals surface area contributed by atoms with E-state index in [-0.39, 0.29) is 30.7 Å². The summed E-state index contributed by atoms with van der Waals surface area (Å²) in [7, 11) is 0. The van der Waals surface area contributed by atoms with Gasteiger partial charge in [-0.2, -0.15) is 0 Å². The van der Waals surface area contributed by atoms with Gasteiger partial charge in [0.2, 0.25) is 11.8 Å². The molecule has 2 amide bonds. The Hall–Kier alpha value is -2.37. The minimum Gasteiger partial charge on any atom is -0.481 e. The first-order valence-electron chi connectivity index (χ1n) is 8.19. The second kappa shape index (κ2) is 7.95. The Labute approximate surface area is 141 Å². The summed E-state index contributed by atoms with van der Waals surface area (Å²) < 4.78 is 0. The summed E-state index contributed by atoms with van der Waals surface area (Å²) >= 11 is 0. The van der Waals surface area contributed by atoms with Crippen molar-refractivity contribution in [3.05, 3.63) is 35.9 Å². The van der Waals surface area contributed by atoms with Gasteiger partial charge in [-0.3, -0.25) is 14.4 Å². The van der Waals surface area contributed by atoms with Crippen molar-refractivity contribution in [1.29, 1.82) is 0 Å². The molecule has 0 aliphatic carbocycles. The maximum atomic E-state index is 12.7. The van der Waals surface area contributed by atoms with Gasteiger partial charge in [0.05, 0.1) is 18.4 Å². The standard InChI is InChI=1S/C18H24N2O4/c1-12-8-15(18(23)24)11-20(10-12)17(22)9-16(19-13(2)21)14-6-4-3-5-7-14/h3-7,12,15-16H,8-11H2,1-2H3,(H,19,21)(H,23,24). The van der Waals surface area contributed by atoms with Crippen molar-refractivity contribution in [3.8, 4) is 0 Å². The Morgan fingerprint density at radius 2 is 1.92 bits per heavy atom. The molecular formula is C18H24N2O4. The molecule has 6 heteroatoms. The molecule has 0 spiro atoms. The number of carbonyl (C=O) groups excluding carboxylic acids is 2. The second-order valence-electron chi connectivity index (χ2n) is 6.54. The third-order valence-electron chi connectivity index (χ3n) is 4.32. The van der Waals surface area contributed by atoms with Gasteiger partial charge in [-0.25, -0.2) is 0 Å². The summed E-state index contributed by atoms with van der Waals surface area (Å²) in [4.78, 5) is 37.0. The Balaban J connectivity index is 2.09. The van der Waals surface area contributed by atoms with Crippen LogP contribution in [-0.2, 0) is 14.4 Å². The summed E-state index contributed by atoms with van der Waals surface area (Å²) in [5.74, 6) is -1.56. The third-order valence-corrected chi connectivity index (χ3v) is 4.32. The van der Waals surface area contributed by atoms with Crippen LogP contribution in [0.2, 0.25) is 0 Å². The van der Waals surface area contributed by atoms with Gasteiger partial charge in [0.25, 0.3) is 0 Å². The molecule has 2 N–H and O–H groups in total. The van der Waals surface area contributed by atoms with Crippen molar-refractivity contribution < 1.29 is 19.5 Å². The number of amides is 2. The van der Waals surface area contributed by atoms with E-state index < -0.39 is 17.9 Å². The van der Waals surface area contributed by atoms with Gasteiger partial charge < -0.3 is 15.3 Å². The van der Waals surface area contributed by atoms with Gasteiger partial charge in [0.15, 0.2) is 0 Å². The number of hydrogen-bond donors (Lipinski definition) is 2. The zero-order valence-electron chi connectivity index (χ0n) is 14.1. The monoisotopic (exact) mass is 332 g/mol. The van der Waals surface area contributed by atoms with Gasteiger partial charge in [0.1, 0.15) is 0 Å². The van der Waals surface area contributed by atoms with Crippen LogP contribution in [0.4, 0.5) is 0 Å². The van der Waals surface area contributed by atoms with Gasteiger partial charge in [-0.1, -0.05) is 37.3 Å². The molecule has 6 nitrogen and oxygen atoms in total. The van der Waals surface area contributed by atoms with Crippen LogP contribution in [-0.4, -0.2) is 40.9 Å². The number of carboxylic acids is 1. The van der Waals surface area contributed by atoms with Crippen molar-refractivity contribution >= 4 is 17.8 Å². The fourth-order valence-corrected chi connectivity index (χ4v) is 3.22. The molecule has 0 radical (unpaired) electrons. The first-order chi connectivity index (χ1) is 11.4. The van der Waals surface area contributed by atoms with Crippen molar-refractivity contribution in [2.75, 3.05) is 13.1 Å². The van der Waals surface area contributed by atoms with E-state index in [1.54, 1.807) is 4.90 Å². The average molecular weight is 332 g/mol. The van der Waals surface area contributed by atoms with Gasteiger partial charge in [-0.05, 0) is 17.9 Å². The Kier molecular flexibility index (Phi) is 5.95. The molecule has 2 rings (SSSR count). The zero-order valence-corrected chi connectivity index (χ0v) is 14.1. The highest BCUT2D eigenvalue weighted by Gasteiger charge is 2.32. The molecule has 0 aromatic heterocycles. The number of benzene rings is 1. The highest BCUT2D eigenvalue weighted by molar-refractivity contribution is 5.80. The number of nitrogens with zero attached hydrogens (tertiary/aromatic N) is 1. The molecule has 1 aromatic carbocycles. The second-order valence-corrected chi connectivity index (χ2v) is 6.54. The SMILES string of the molecule is CC(=O)NC(CC(=O)N1CC(C)CC(C(=O)O)C1)c1ccccc1. The van der Waals surface area contributed by atoms with Crippen LogP contribution in [0.1, 0.15) is 38.3 Å². The third kappa shape index (κ3) is 4.81. The Bertz CT molecular complexity index is 602. The molecule has 3 atom stereocenters. The minimum atomic E-state index is -0.860. The number of rotatable bonds is 5. The van der Waals surface area contributed by atoms with Crippen molar-refractivity contribution in [1.82, 2.24) is 10.2 Å². The normalized spacial score (nSPS) is 21.8. The summed E-state index contributed by atoms with van der Waals surface area (Å²) in [6.45, 7) is 4.17. The van der Waals surface area contributed by atoms with Crippen LogP contribution in [0.25, 0.3) is 0 Å². The highest BCUT2D eigenvalue weighted by Crippen LogP contribution is 2.24. The first kappa shape index (κ1) is 18.0. The molecule has 0 bridgehead atoms. The van der Waals surface area contributed by atoms with E-state index in [1.807, 2.05) is 37.3 Å². The summed E-state index contributed by atoms with van der Waals surface area (Å²) in [5, 5.41) is 12.0. The smallest absolute Gasteiger partial charge is 0.308 e. The van der Waals surface area contributed by atoms with E-state index in [1.165, 1.54) is 6.92 Å². The topological polar surface area (TPSA) is 86.7 Å². The van der Waals surface area contributed by atoms with Crippen LogP contribution < -0.4 is 5.32 Å². The number of likely N-dealkylation sites (tertiary alicyclic amines) is 1. The molecule has 1 saturated heterocycles. The molecule has 1 aromatic rings. The highest BCUT2D eigenvalue weighted by atomic mass is 16.4. The lowest BCUT2D eigenvalue weighted by atomic mass is 9.90. The Morgan fingerprint density at radius 1 is 1.25 bits per heavy atom. The van der Waals surface area contributed by atoms with E-state index in [9.17, 15) is 19.5 Å². The van der Waals surface area contributed by atoms with Crippen LogP contribution in [0.5, 0.6) is 0 Å². The molecule has 1 heterocycles. The fraction of sp³-hybridized carbons (Fsp3) is 0.500. The van der Waals surface area contributed by atoms with Gasteiger partial charge in [-0.15, -0.1) is 0 Å². The van der Waals surface area contributed by atoms with Crippen LogP contribution >= 0.6 is 0 Å². The fourth-order valence-electron chi connectivity index (χ4n) is 3.22. The molecule has 130 valence electrons. The molecule has 24 heavy (non-hydrogen) atoms. The van der Waals surface area contributed by atoms with Crippen molar-refractivity contribution in [2.24, 2.45) is 11.8 Å². The van der Waals surface area contributed by atoms with Crippen molar-refractivity contribution in [3.63, 3.8) is 0 Å². The summed E-state index contributed by atoms with van der Waals surface area (Å²) in [6.07, 6.45) is 0.718. The van der Waals surface area contributed by atoms with E-state index in [2.05, 4.69) is 5.32 Å². The molecule has 1 aliphatic heterocycles. The summed E-state index contributed by atoms with van der Waals surface area (Å²) in [6, 6.07) is 8.92. The van der Waals surface area contributed by atoms with E-state index >= 15 is 0 Å². The van der Waals surface area contributed by atoms with E-state index in [0.29, 0.717) is 13.0 Å². The number of aliphatic carboxylic acids is 1. The predicted octanol–water partition coefficient (Wildman–Crippen LogP) is 1.82.